The maximum absolute atomic E-state index is 12.7. The molecule has 6 heteroatoms. The fourth-order valence-corrected chi connectivity index (χ4v) is 1.26. The quantitative estimate of drug-likeness (QED) is 0.412. The Hall–Kier alpha value is -1.22. The van der Waals surface area contributed by atoms with Gasteiger partial charge in [0.2, 0.25) is 0 Å². The number of rotatable bonds is 1. The summed E-state index contributed by atoms with van der Waals surface area (Å²) in [5.41, 5.74) is -1.35. The summed E-state index contributed by atoms with van der Waals surface area (Å²) in [7, 11) is 0. The SMILES string of the molecule is N#CSc1ccc(F)c(C(F)(F)F)c1. The molecule has 0 heterocycles. The van der Waals surface area contributed by atoms with Crippen molar-refractivity contribution in [2.24, 2.45) is 0 Å². The van der Waals surface area contributed by atoms with Crippen LogP contribution in [0.1, 0.15) is 5.56 Å². The van der Waals surface area contributed by atoms with E-state index in [-0.39, 0.29) is 4.90 Å². The lowest BCUT2D eigenvalue weighted by atomic mass is 10.2. The van der Waals surface area contributed by atoms with Crippen LogP contribution in [0.5, 0.6) is 0 Å². The van der Waals surface area contributed by atoms with E-state index in [4.69, 9.17) is 5.26 Å². The maximum atomic E-state index is 12.7. The predicted octanol–water partition coefficient (Wildman–Crippen LogP) is 3.42. The third kappa shape index (κ3) is 2.39. The summed E-state index contributed by atoms with van der Waals surface area (Å²) in [6.45, 7) is 0. The van der Waals surface area contributed by atoms with E-state index in [0.29, 0.717) is 23.9 Å². The first-order chi connectivity index (χ1) is 6.45. The van der Waals surface area contributed by atoms with Crippen LogP contribution in [0.2, 0.25) is 0 Å². The van der Waals surface area contributed by atoms with Crippen LogP contribution >= 0.6 is 11.8 Å². The van der Waals surface area contributed by atoms with Gasteiger partial charge in [0, 0.05) is 4.90 Å². The molecule has 0 saturated heterocycles. The lowest BCUT2D eigenvalue weighted by Crippen LogP contribution is -2.07. The summed E-state index contributed by atoms with van der Waals surface area (Å²) in [6, 6.07) is 2.43. The Labute approximate surface area is 81.3 Å². The van der Waals surface area contributed by atoms with Gasteiger partial charge in [-0.3, -0.25) is 0 Å². The molecule has 1 nitrogen and oxygen atoms in total. The molecule has 0 bridgehead atoms. The predicted molar refractivity (Wildman–Crippen MR) is 42.9 cm³/mol. The molecular formula is C8H3F4NS. The largest absolute Gasteiger partial charge is 0.419 e. The monoisotopic (exact) mass is 221 g/mol. The number of halogens is 4. The average Bonchev–Trinajstić information content (AvgIpc) is 2.07. The van der Waals surface area contributed by atoms with E-state index >= 15 is 0 Å². The third-order valence-corrected chi connectivity index (χ3v) is 1.99. The van der Waals surface area contributed by atoms with Crippen LogP contribution in [0.3, 0.4) is 0 Å². The lowest BCUT2D eigenvalue weighted by Gasteiger charge is -2.08. The van der Waals surface area contributed by atoms with Gasteiger partial charge in [0.25, 0.3) is 0 Å². The van der Waals surface area contributed by atoms with E-state index in [0.717, 1.165) is 6.07 Å². The minimum Gasteiger partial charge on any atom is -0.206 e. The van der Waals surface area contributed by atoms with Gasteiger partial charge in [-0.15, -0.1) is 0 Å². The molecule has 1 aromatic carbocycles. The first kappa shape index (κ1) is 10.9. The summed E-state index contributed by atoms with van der Waals surface area (Å²) < 4.78 is 49.1. The van der Waals surface area contributed by atoms with Gasteiger partial charge in [-0.2, -0.15) is 18.4 Å². The van der Waals surface area contributed by atoms with Crippen LogP contribution in [0.25, 0.3) is 0 Å². The van der Waals surface area contributed by atoms with Crippen molar-refractivity contribution in [1.29, 1.82) is 5.26 Å². The Balaban J connectivity index is 3.17. The molecule has 0 aromatic heterocycles. The topological polar surface area (TPSA) is 23.8 Å². The zero-order chi connectivity index (χ0) is 10.8. The molecule has 0 aliphatic heterocycles. The van der Waals surface area contributed by atoms with Gasteiger partial charge >= 0.3 is 6.18 Å². The number of thiocyanates is 1. The molecule has 0 aliphatic carbocycles. The molecule has 0 spiro atoms. The van der Waals surface area contributed by atoms with Crippen LogP contribution in [0, 0.1) is 16.5 Å². The van der Waals surface area contributed by atoms with E-state index in [2.05, 4.69) is 0 Å². The number of benzene rings is 1. The van der Waals surface area contributed by atoms with Crippen molar-refractivity contribution in [2.75, 3.05) is 0 Å². The van der Waals surface area contributed by atoms with Gasteiger partial charge in [-0.25, -0.2) is 4.39 Å². The number of alkyl halides is 3. The molecule has 0 fully saturated rings. The number of hydrogen-bond donors (Lipinski definition) is 0. The van der Waals surface area contributed by atoms with Gasteiger partial charge in [0.05, 0.1) is 5.56 Å². The molecule has 1 rings (SSSR count). The minimum atomic E-state index is -4.73. The van der Waals surface area contributed by atoms with Gasteiger partial charge in [0.15, 0.2) is 0 Å². The number of hydrogen-bond acceptors (Lipinski definition) is 2. The molecule has 0 aliphatic rings. The van der Waals surface area contributed by atoms with Gasteiger partial charge in [-0.05, 0) is 30.0 Å². The zero-order valence-electron chi connectivity index (χ0n) is 6.60. The van der Waals surface area contributed by atoms with Crippen molar-refractivity contribution < 1.29 is 17.6 Å². The zero-order valence-corrected chi connectivity index (χ0v) is 7.42. The molecule has 1 aromatic rings. The summed E-state index contributed by atoms with van der Waals surface area (Å²) in [4.78, 5) is 0.0706. The molecule has 0 radical (unpaired) electrons. The molecule has 74 valence electrons. The smallest absolute Gasteiger partial charge is 0.206 e. The van der Waals surface area contributed by atoms with E-state index in [1.165, 1.54) is 0 Å². The van der Waals surface area contributed by atoms with Gasteiger partial charge < -0.3 is 0 Å². The van der Waals surface area contributed by atoms with E-state index < -0.39 is 17.6 Å². The standard InChI is InChI=1S/C8H3F4NS/c9-7-2-1-5(14-4-13)3-6(7)8(10,11)12/h1-3H. The average molecular weight is 221 g/mol. The Bertz CT molecular complexity index is 380. The normalized spacial score (nSPS) is 11.1. The second-order valence-electron chi connectivity index (χ2n) is 2.33. The summed E-state index contributed by atoms with van der Waals surface area (Å²) in [5, 5.41) is 9.83. The van der Waals surface area contributed by atoms with Crippen LogP contribution in [-0.2, 0) is 6.18 Å². The van der Waals surface area contributed by atoms with E-state index in [1.54, 1.807) is 5.40 Å². The molecule has 0 N–H and O–H groups in total. The van der Waals surface area contributed by atoms with E-state index in [9.17, 15) is 17.6 Å². The maximum Gasteiger partial charge on any atom is 0.419 e. The second kappa shape index (κ2) is 3.88. The van der Waals surface area contributed by atoms with Crippen molar-refractivity contribution in [3.05, 3.63) is 29.6 Å². The van der Waals surface area contributed by atoms with Crippen LogP contribution in [0.15, 0.2) is 23.1 Å². The van der Waals surface area contributed by atoms with Gasteiger partial charge in [0.1, 0.15) is 11.2 Å². The van der Waals surface area contributed by atoms with E-state index in [1.807, 2.05) is 0 Å². The van der Waals surface area contributed by atoms with Crippen molar-refractivity contribution in [2.45, 2.75) is 11.1 Å². The Morgan fingerprint density at radius 2 is 1.93 bits per heavy atom. The molecule has 0 saturated carbocycles. The third-order valence-electron chi connectivity index (χ3n) is 1.41. The Morgan fingerprint density at radius 3 is 2.43 bits per heavy atom. The van der Waals surface area contributed by atoms with Crippen molar-refractivity contribution in [1.82, 2.24) is 0 Å². The molecule has 14 heavy (non-hydrogen) atoms. The lowest BCUT2D eigenvalue weighted by molar-refractivity contribution is -0.140. The van der Waals surface area contributed by atoms with Crippen LogP contribution in [0.4, 0.5) is 17.6 Å². The minimum absolute atomic E-state index is 0.0706. The second-order valence-corrected chi connectivity index (χ2v) is 3.19. The molecule has 0 amide bonds. The van der Waals surface area contributed by atoms with Crippen molar-refractivity contribution in [3.63, 3.8) is 0 Å². The molecule has 0 unspecified atom stereocenters. The Kier molecular flexibility index (Phi) is 3.01. The highest BCUT2D eigenvalue weighted by atomic mass is 32.2. The fourth-order valence-electron chi connectivity index (χ4n) is 0.838. The van der Waals surface area contributed by atoms with Crippen LogP contribution in [-0.4, -0.2) is 0 Å². The number of nitrogens with zero attached hydrogens (tertiary/aromatic N) is 1. The summed E-state index contributed by atoms with van der Waals surface area (Å²) in [6.07, 6.45) is -4.73. The van der Waals surface area contributed by atoms with Gasteiger partial charge in [-0.1, -0.05) is 0 Å². The van der Waals surface area contributed by atoms with Crippen LogP contribution < -0.4 is 0 Å². The van der Waals surface area contributed by atoms with Crippen molar-refractivity contribution in [3.8, 4) is 5.40 Å². The fraction of sp³-hybridized carbons (Fsp3) is 0.125. The Morgan fingerprint density at radius 1 is 1.29 bits per heavy atom. The molecule has 0 atom stereocenters. The first-order valence-electron chi connectivity index (χ1n) is 3.38. The summed E-state index contributed by atoms with van der Waals surface area (Å²) >= 11 is 0.553. The molecular weight excluding hydrogens is 218 g/mol. The number of thioether (sulfide) groups is 1. The first-order valence-corrected chi connectivity index (χ1v) is 4.19. The highest BCUT2D eigenvalue weighted by Crippen LogP contribution is 2.33. The highest BCUT2D eigenvalue weighted by Gasteiger charge is 2.34. The highest BCUT2D eigenvalue weighted by molar-refractivity contribution is 8.03. The summed E-state index contributed by atoms with van der Waals surface area (Å²) in [5.74, 6) is -1.33. The van der Waals surface area contributed by atoms with Crippen molar-refractivity contribution >= 4 is 11.8 Å². The number of nitriles is 1.